The van der Waals surface area contributed by atoms with Crippen molar-refractivity contribution in [1.82, 2.24) is 24.9 Å². The number of piperidine rings is 1. The number of amides is 1. The highest BCUT2D eigenvalue weighted by Crippen LogP contribution is 2.24. The number of hydrogen-bond donors (Lipinski definition) is 0. The molecular formula is C23H27N7O. The molecule has 0 bridgehead atoms. The van der Waals surface area contributed by atoms with E-state index in [1.54, 1.807) is 10.9 Å². The van der Waals surface area contributed by atoms with Gasteiger partial charge in [-0.3, -0.25) is 4.79 Å². The summed E-state index contributed by atoms with van der Waals surface area (Å²) in [4.78, 5) is 19.8. The summed E-state index contributed by atoms with van der Waals surface area (Å²) < 4.78 is 1.69. The van der Waals surface area contributed by atoms with Gasteiger partial charge in [0.15, 0.2) is 11.6 Å². The Labute approximate surface area is 182 Å². The highest BCUT2D eigenvalue weighted by molar-refractivity contribution is 5.80. The van der Waals surface area contributed by atoms with Crippen LogP contribution in [0, 0.1) is 5.92 Å². The Bertz CT molecular complexity index is 983. The second kappa shape index (κ2) is 8.75. The van der Waals surface area contributed by atoms with Crippen LogP contribution in [0.3, 0.4) is 0 Å². The van der Waals surface area contributed by atoms with Crippen LogP contribution in [0.4, 0.5) is 11.5 Å². The average Bonchev–Trinajstić information content (AvgIpc) is 3.40. The summed E-state index contributed by atoms with van der Waals surface area (Å²) in [7, 11) is 0. The Kier molecular flexibility index (Phi) is 5.52. The SMILES string of the molecule is O=C(C1CCCN(c2ccc(-n3cccn3)nn2)C1)N1CCN(c2ccccc2)CC1. The van der Waals surface area contributed by atoms with Gasteiger partial charge in [-0.2, -0.15) is 5.10 Å². The van der Waals surface area contributed by atoms with E-state index >= 15 is 0 Å². The van der Waals surface area contributed by atoms with E-state index in [0.29, 0.717) is 12.4 Å². The number of rotatable bonds is 4. The summed E-state index contributed by atoms with van der Waals surface area (Å²) >= 11 is 0. The smallest absolute Gasteiger partial charge is 0.227 e. The number of para-hydroxylation sites is 1. The molecule has 0 radical (unpaired) electrons. The van der Waals surface area contributed by atoms with E-state index in [-0.39, 0.29) is 11.8 Å². The lowest BCUT2D eigenvalue weighted by Gasteiger charge is -2.40. The number of nitrogens with zero attached hydrogens (tertiary/aromatic N) is 7. The number of hydrogen-bond acceptors (Lipinski definition) is 6. The molecule has 5 rings (SSSR count). The molecule has 4 heterocycles. The monoisotopic (exact) mass is 417 g/mol. The summed E-state index contributed by atoms with van der Waals surface area (Å²) in [5, 5.41) is 12.9. The second-order valence-corrected chi connectivity index (χ2v) is 8.13. The summed E-state index contributed by atoms with van der Waals surface area (Å²) in [5.74, 6) is 1.81. The van der Waals surface area contributed by atoms with Crippen molar-refractivity contribution >= 4 is 17.4 Å². The molecule has 8 nitrogen and oxygen atoms in total. The van der Waals surface area contributed by atoms with Crippen LogP contribution in [-0.4, -0.2) is 70.1 Å². The maximum atomic E-state index is 13.2. The van der Waals surface area contributed by atoms with E-state index in [9.17, 15) is 4.79 Å². The first kappa shape index (κ1) is 19.5. The van der Waals surface area contributed by atoms with Crippen LogP contribution in [0.2, 0.25) is 0 Å². The molecule has 3 aromatic rings. The van der Waals surface area contributed by atoms with E-state index in [2.05, 4.69) is 49.4 Å². The third-order valence-corrected chi connectivity index (χ3v) is 6.18. The van der Waals surface area contributed by atoms with Crippen LogP contribution in [0.5, 0.6) is 0 Å². The van der Waals surface area contributed by atoms with E-state index in [4.69, 9.17) is 0 Å². The zero-order valence-electron chi connectivity index (χ0n) is 17.5. The van der Waals surface area contributed by atoms with Gasteiger partial charge >= 0.3 is 0 Å². The fourth-order valence-electron chi connectivity index (χ4n) is 4.48. The predicted octanol–water partition coefficient (Wildman–Crippen LogP) is 2.23. The largest absolute Gasteiger partial charge is 0.368 e. The van der Waals surface area contributed by atoms with Crippen LogP contribution in [0.1, 0.15) is 12.8 Å². The van der Waals surface area contributed by atoms with E-state index in [1.807, 2.05) is 35.4 Å². The van der Waals surface area contributed by atoms with E-state index in [0.717, 1.165) is 51.4 Å². The average molecular weight is 418 g/mol. The molecule has 0 saturated carbocycles. The minimum absolute atomic E-state index is 0.0182. The van der Waals surface area contributed by atoms with Gasteiger partial charge in [0, 0.05) is 57.3 Å². The fourth-order valence-corrected chi connectivity index (χ4v) is 4.48. The lowest BCUT2D eigenvalue weighted by Crippen LogP contribution is -2.52. The zero-order valence-corrected chi connectivity index (χ0v) is 17.5. The summed E-state index contributed by atoms with van der Waals surface area (Å²) in [5.41, 5.74) is 1.23. The number of benzene rings is 1. The van der Waals surface area contributed by atoms with Crippen LogP contribution < -0.4 is 9.80 Å². The molecular weight excluding hydrogens is 390 g/mol. The van der Waals surface area contributed by atoms with Crippen molar-refractivity contribution in [3.8, 4) is 5.82 Å². The quantitative estimate of drug-likeness (QED) is 0.648. The first-order valence-electron chi connectivity index (χ1n) is 11.0. The lowest BCUT2D eigenvalue weighted by atomic mass is 9.96. The van der Waals surface area contributed by atoms with Gasteiger partial charge < -0.3 is 14.7 Å². The van der Waals surface area contributed by atoms with Crippen LogP contribution in [0.15, 0.2) is 60.9 Å². The minimum Gasteiger partial charge on any atom is -0.368 e. The number of anilines is 2. The Balaban J connectivity index is 1.19. The molecule has 1 aromatic carbocycles. The molecule has 0 aliphatic carbocycles. The van der Waals surface area contributed by atoms with Gasteiger partial charge in [0.1, 0.15) is 0 Å². The molecule has 31 heavy (non-hydrogen) atoms. The van der Waals surface area contributed by atoms with Gasteiger partial charge in [0.25, 0.3) is 0 Å². The van der Waals surface area contributed by atoms with Gasteiger partial charge in [-0.05, 0) is 43.2 Å². The Hall–Kier alpha value is -3.42. The van der Waals surface area contributed by atoms with Gasteiger partial charge in [0.05, 0.1) is 5.92 Å². The molecule has 8 heteroatoms. The van der Waals surface area contributed by atoms with Crippen molar-refractivity contribution in [3.63, 3.8) is 0 Å². The first-order chi connectivity index (χ1) is 15.3. The predicted molar refractivity (Wildman–Crippen MR) is 119 cm³/mol. The summed E-state index contributed by atoms with van der Waals surface area (Å²) in [6.45, 7) is 4.93. The molecule has 160 valence electrons. The van der Waals surface area contributed by atoms with Gasteiger partial charge in [0.2, 0.25) is 5.91 Å². The topological polar surface area (TPSA) is 70.4 Å². The number of piperazine rings is 1. The van der Waals surface area contributed by atoms with Crippen molar-refractivity contribution in [2.75, 3.05) is 49.1 Å². The van der Waals surface area contributed by atoms with Crippen LogP contribution in [-0.2, 0) is 4.79 Å². The Morgan fingerprint density at radius 3 is 2.32 bits per heavy atom. The highest BCUT2D eigenvalue weighted by Gasteiger charge is 2.31. The maximum Gasteiger partial charge on any atom is 0.227 e. The zero-order chi connectivity index (χ0) is 21.0. The fraction of sp³-hybridized carbons (Fsp3) is 0.391. The van der Waals surface area contributed by atoms with Crippen molar-refractivity contribution in [2.45, 2.75) is 12.8 Å². The molecule has 1 atom stereocenters. The van der Waals surface area contributed by atoms with Crippen molar-refractivity contribution in [3.05, 3.63) is 60.9 Å². The Morgan fingerprint density at radius 2 is 1.61 bits per heavy atom. The van der Waals surface area contributed by atoms with Crippen molar-refractivity contribution < 1.29 is 4.79 Å². The molecule has 1 unspecified atom stereocenters. The normalized spacial score (nSPS) is 19.5. The summed E-state index contributed by atoms with van der Waals surface area (Å²) in [6, 6.07) is 16.2. The summed E-state index contributed by atoms with van der Waals surface area (Å²) in [6.07, 6.45) is 5.49. The molecule has 0 spiro atoms. The van der Waals surface area contributed by atoms with E-state index in [1.165, 1.54) is 5.69 Å². The lowest BCUT2D eigenvalue weighted by molar-refractivity contribution is -0.136. The minimum atomic E-state index is 0.0182. The number of carbonyl (C=O) groups excluding carboxylic acids is 1. The third-order valence-electron chi connectivity index (χ3n) is 6.18. The van der Waals surface area contributed by atoms with Gasteiger partial charge in [-0.15, -0.1) is 10.2 Å². The first-order valence-corrected chi connectivity index (χ1v) is 11.0. The molecule has 2 saturated heterocycles. The number of carbonyl (C=O) groups is 1. The molecule has 0 N–H and O–H groups in total. The van der Waals surface area contributed by atoms with Crippen molar-refractivity contribution in [1.29, 1.82) is 0 Å². The van der Waals surface area contributed by atoms with Crippen molar-refractivity contribution in [2.24, 2.45) is 5.92 Å². The highest BCUT2D eigenvalue weighted by atomic mass is 16.2. The maximum absolute atomic E-state index is 13.2. The molecule has 1 amide bonds. The van der Waals surface area contributed by atoms with Crippen LogP contribution in [0.25, 0.3) is 5.82 Å². The Morgan fingerprint density at radius 1 is 0.839 bits per heavy atom. The third kappa shape index (κ3) is 4.23. The van der Waals surface area contributed by atoms with Gasteiger partial charge in [-0.1, -0.05) is 18.2 Å². The molecule has 2 aliphatic heterocycles. The second-order valence-electron chi connectivity index (χ2n) is 8.13. The number of aromatic nitrogens is 4. The van der Waals surface area contributed by atoms with Crippen LogP contribution >= 0.6 is 0 Å². The van der Waals surface area contributed by atoms with Gasteiger partial charge in [-0.25, -0.2) is 4.68 Å². The molecule has 2 aromatic heterocycles. The standard InChI is InChI=1S/C23H27N7O/c31-23(28-16-14-27(15-17-28)20-7-2-1-3-8-20)19-6-4-12-29(18-19)21-9-10-22(26-25-21)30-13-5-11-24-30/h1-3,5,7-11,13,19H,4,6,12,14-18H2. The molecule has 2 fully saturated rings. The van der Waals surface area contributed by atoms with E-state index < -0.39 is 0 Å². The molecule has 2 aliphatic rings.